The number of nitrogens with one attached hydrogen (secondary N) is 1. The number of rotatable bonds is 4. The number of benzene rings is 1. The minimum atomic E-state index is -0.368. The number of carbonyl (C=O) groups excluding carboxylic acids is 2. The molecule has 4 rings (SSSR count). The number of nitrogens with zero attached hydrogens (tertiary/aromatic N) is 1. The highest BCUT2D eigenvalue weighted by atomic mass is 32.1. The second-order valence-corrected chi connectivity index (χ2v) is 7.93. The average molecular weight is 386 g/mol. The lowest BCUT2D eigenvalue weighted by Crippen LogP contribution is -2.51. The van der Waals surface area contributed by atoms with Crippen molar-refractivity contribution in [3.8, 4) is 0 Å². The molecule has 1 aromatic carbocycles. The quantitative estimate of drug-likeness (QED) is 0.792. The lowest BCUT2D eigenvalue weighted by molar-refractivity contribution is -0.136. The molecular formula is C20H22N2O4S. The number of hydrogen-bond acceptors (Lipinski definition) is 5. The number of fused-ring (bicyclic) bond motifs is 3. The van der Waals surface area contributed by atoms with E-state index in [-0.39, 0.29) is 37.2 Å². The summed E-state index contributed by atoms with van der Waals surface area (Å²) in [5.41, 5.74) is 1.60. The van der Waals surface area contributed by atoms with E-state index in [4.69, 9.17) is 9.84 Å². The number of carbonyl (C=O) groups is 2. The van der Waals surface area contributed by atoms with Crippen LogP contribution in [-0.2, 0) is 9.53 Å². The maximum Gasteiger partial charge on any atom is 0.336 e. The molecule has 0 aliphatic carbocycles. The van der Waals surface area contributed by atoms with Gasteiger partial charge in [-0.05, 0) is 42.4 Å². The molecule has 2 atom stereocenters. The molecule has 2 aliphatic rings. The lowest BCUT2D eigenvalue weighted by Gasteiger charge is -2.36. The van der Waals surface area contributed by atoms with E-state index >= 15 is 0 Å². The summed E-state index contributed by atoms with van der Waals surface area (Å²) in [6.07, 6.45) is 2.24. The van der Waals surface area contributed by atoms with Crippen molar-refractivity contribution in [1.29, 1.82) is 0 Å². The summed E-state index contributed by atoms with van der Waals surface area (Å²) in [5, 5.41) is 12.9. The molecule has 6 nitrogen and oxygen atoms in total. The molecule has 2 aromatic rings. The Morgan fingerprint density at radius 3 is 2.89 bits per heavy atom. The Hall–Kier alpha value is -2.38. The molecular weight excluding hydrogens is 364 g/mol. The van der Waals surface area contributed by atoms with Crippen molar-refractivity contribution in [2.24, 2.45) is 0 Å². The third kappa shape index (κ3) is 3.11. The molecule has 2 aliphatic heterocycles. The highest BCUT2D eigenvalue weighted by Crippen LogP contribution is 2.45. The van der Waals surface area contributed by atoms with Gasteiger partial charge in [-0.3, -0.25) is 0 Å². The van der Waals surface area contributed by atoms with Gasteiger partial charge in [0.1, 0.15) is 0 Å². The van der Waals surface area contributed by atoms with E-state index in [0.717, 1.165) is 28.7 Å². The van der Waals surface area contributed by atoms with Crippen molar-refractivity contribution >= 4 is 39.0 Å². The first-order chi connectivity index (χ1) is 13.1. The second-order valence-electron chi connectivity index (χ2n) is 6.85. The predicted molar refractivity (Wildman–Crippen MR) is 105 cm³/mol. The molecule has 1 saturated heterocycles. The molecule has 0 spiro atoms. The second kappa shape index (κ2) is 7.32. The monoisotopic (exact) mass is 386 g/mol. The zero-order chi connectivity index (χ0) is 19.0. The third-order valence-electron chi connectivity index (χ3n) is 5.35. The Morgan fingerprint density at radius 1 is 1.33 bits per heavy atom. The van der Waals surface area contributed by atoms with Crippen LogP contribution in [0.1, 0.15) is 24.1 Å². The number of esters is 1. The number of hydrogen-bond donors (Lipinski definition) is 2. The first-order valence-electron chi connectivity index (χ1n) is 9.11. The average Bonchev–Trinajstić information content (AvgIpc) is 3.25. The zero-order valence-corrected chi connectivity index (χ0v) is 15.9. The van der Waals surface area contributed by atoms with Gasteiger partial charge in [0.05, 0.1) is 25.3 Å². The van der Waals surface area contributed by atoms with Crippen LogP contribution >= 0.6 is 11.3 Å². The van der Waals surface area contributed by atoms with Crippen molar-refractivity contribution in [2.75, 3.05) is 20.3 Å². The first-order valence-corrected chi connectivity index (χ1v) is 9.93. The van der Waals surface area contributed by atoms with Gasteiger partial charge in [0.25, 0.3) is 0 Å². The molecule has 1 aromatic heterocycles. The zero-order valence-electron chi connectivity index (χ0n) is 15.1. The van der Waals surface area contributed by atoms with Crippen LogP contribution in [0, 0.1) is 0 Å². The van der Waals surface area contributed by atoms with Gasteiger partial charge in [0, 0.05) is 22.2 Å². The molecule has 1 fully saturated rings. The third-order valence-corrected chi connectivity index (χ3v) is 6.53. The maximum atomic E-state index is 12.7. The Kier molecular flexibility index (Phi) is 4.88. The van der Waals surface area contributed by atoms with Crippen LogP contribution in [0.2, 0.25) is 0 Å². The fourth-order valence-corrected chi connectivity index (χ4v) is 5.34. The van der Waals surface area contributed by atoms with E-state index in [1.807, 2.05) is 12.1 Å². The van der Waals surface area contributed by atoms with Crippen LogP contribution in [0.15, 0.2) is 35.9 Å². The number of methoxy groups -OCH3 is 1. The SMILES string of the molecule is COC(=O)C1=C(c2cc3ccccc3s2)C[C@@H]2CC[C@H]1N2C(=O)NCCO. The standard InChI is InChI=1S/C20H22N2O4S/c1-26-19(24)18-14(17-10-12-4-2-3-5-16(12)27-17)11-13-6-7-15(18)22(13)20(25)21-8-9-23/h2-5,10,13,15,23H,6-9,11H2,1H3,(H,21,25)/t13-,15+/m0/s1. The number of aliphatic hydroxyl groups excluding tert-OH is 1. The van der Waals surface area contributed by atoms with Gasteiger partial charge in [0.2, 0.25) is 0 Å². The van der Waals surface area contributed by atoms with Crippen molar-refractivity contribution in [3.05, 3.63) is 40.8 Å². The van der Waals surface area contributed by atoms with Gasteiger partial charge in [-0.15, -0.1) is 11.3 Å². The number of urea groups is 1. The summed E-state index contributed by atoms with van der Waals surface area (Å²) in [6.45, 7) is 0.0941. The van der Waals surface area contributed by atoms with Gasteiger partial charge < -0.3 is 20.1 Å². The topological polar surface area (TPSA) is 78.9 Å². The van der Waals surface area contributed by atoms with Gasteiger partial charge in [0.15, 0.2) is 0 Å². The van der Waals surface area contributed by atoms with Gasteiger partial charge in [-0.2, -0.15) is 0 Å². The molecule has 0 radical (unpaired) electrons. The Balaban J connectivity index is 1.77. The van der Waals surface area contributed by atoms with E-state index in [1.165, 1.54) is 11.8 Å². The van der Waals surface area contributed by atoms with Crippen LogP contribution in [0.3, 0.4) is 0 Å². The number of amides is 2. The van der Waals surface area contributed by atoms with Crippen molar-refractivity contribution in [2.45, 2.75) is 31.3 Å². The summed E-state index contributed by atoms with van der Waals surface area (Å²) in [7, 11) is 1.38. The van der Waals surface area contributed by atoms with E-state index in [0.29, 0.717) is 12.0 Å². The number of aliphatic hydroxyl groups is 1. The van der Waals surface area contributed by atoms with Crippen LogP contribution in [0.5, 0.6) is 0 Å². The Morgan fingerprint density at radius 2 is 2.15 bits per heavy atom. The number of thiophene rings is 1. The highest BCUT2D eigenvalue weighted by molar-refractivity contribution is 7.20. The van der Waals surface area contributed by atoms with Crippen molar-refractivity contribution < 1.29 is 19.4 Å². The molecule has 27 heavy (non-hydrogen) atoms. The van der Waals surface area contributed by atoms with E-state index in [2.05, 4.69) is 23.5 Å². The van der Waals surface area contributed by atoms with Crippen LogP contribution < -0.4 is 5.32 Å². The van der Waals surface area contributed by atoms with Crippen molar-refractivity contribution in [1.82, 2.24) is 10.2 Å². The van der Waals surface area contributed by atoms with E-state index in [1.54, 1.807) is 16.2 Å². The van der Waals surface area contributed by atoms with Gasteiger partial charge in [-0.25, -0.2) is 9.59 Å². The Bertz CT molecular complexity index is 887. The van der Waals surface area contributed by atoms with E-state index in [9.17, 15) is 9.59 Å². The van der Waals surface area contributed by atoms with Crippen LogP contribution in [0.4, 0.5) is 4.79 Å². The van der Waals surface area contributed by atoms with Crippen LogP contribution in [-0.4, -0.2) is 54.4 Å². The Labute approximate surface area is 161 Å². The molecule has 2 N–H and O–H groups in total. The molecule has 7 heteroatoms. The molecule has 142 valence electrons. The van der Waals surface area contributed by atoms with Crippen LogP contribution in [0.25, 0.3) is 15.7 Å². The highest BCUT2D eigenvalue weighted by Gasteiger charge is 2.46. The fraction of sp³-hybridized carbons (Fsp3) is 0.400. The largest absolute Gasteiger partial charge is 0.466 e. The molecule has 0 saturated carbocycles. The smallest absolute Gasteiger partial charge is 0.336 e. The molecule has 2 bridgehead atoms. The molecule has 2 amide bonds. The predicted octanol–water partition coefficient (Wildman–Crippen LogP) is 2.77. The maximum absolute atomic E-state index is 12.7. The lowest BCUT2D eigenvalue weighted by atomic mass is 9.92. The minimum Gasteiger partial charge on any atom is -0.466 e. The van der Waals surface area contributed by atoms with Gasteiger partial charge >= 0.3 is 12.0 Å². The molecule has 0 unspecified atom stereocenters. The number of ether oxygens (including phenoxy) is 1. The summed E-state index contributed by atoms with van der Waals surface area (Å²) < 4.78 is 6.27. The van der Waals surface area contributed by atoms with Gasteiger partial charge in [-0.1, -0.05) is 18.2 Å². The molecule has 3 heterocycles. The summed E-state index contributed by atoms with van der Waals surface area (Å²) >= 11 is 1.67. The van der Waals surface area contributed by atoms with Crippen molar-refractivity contribution in [3.63, 3.8) is 0 Å². The van der Waals surface area contributed by atoms with E-state index < -0.39 is 0 Å². The first kappa shape index (κ1) is 18.0. The minimum absolute atomic E-state index is 0.0577. The normalized spacial score (nSPS) is 21.6. The summed E-state index contributed by atoms with van der Waals surface area (Å²) in [4.78, 5) is 28.1. The summed E-state index contributed by atoms with van der Waals surface area (Å²) in [5.74, 6) is -0.368. The fourth-order valence-electron chi connectivity index (χ4n) is 4.21. The summed E-state index contributed by atoms with van der Waals surface area (Å²) in [6, 6.07) is 9.83.